The monoisotopic (exact) mass is 1340 g/mol. The fourth-order valence-corrected chi connectivity index (χ4v) is 16.9. The van der Waals surface area contributed by atoms with E-state index in [-0.39, 0.29) is 109 Å². The molecule has 14 N–H and O–H groups in total. The Morgan fingerprint density at radius 2 is 1.27 bits per heavy atom. The third-order valence-electron chi connectivity index (χ3n) is 22.9. The number of allylic oxidation sites excluding steroid dienone is 13. The molecule has 3 aliphatic heterocycles. The second kappa shape index (κ2) is 37.4. The van der Waals surface area contributed by atoms with Gasteiger partial charge in [-0.2, -0.15) is 0 Å². The number of rotatable bonds is 7. The standard InChI is InChI=1S/C48H75NO16.C24H40O4.Na/c1-28-18-16-14-12-10-8-6-7-9-11-13-15-17-19-36(64-47-45(58)43(49)44(57)32(5)63-47)25-40-42(46(59)60)39(55)27-48(61,65-40)26-35(52)23-38(54)37(53)21-20-33(50)22-34(51)24-41(56)62-31(4)30(3)29(28)2;1-14(4-9-22(27)28)18-7-8-19-17-6-5-15-12-16(25)10-11-23(15,2)20(17)13-21(26)24(18,19)3;/h6-19,28-40,42-45,47,50-55,57-58,61H,20-27,49H2,1-5H3,(H,59,60);14-21,25-26H,4-13H2,1-3H3,(H,27,28);/q;;+1/p-1/t28?,29?,30?,31?,32?,33?,34?,35?,36?,37?,38?,39?,40?,42?,43?,44?,45?,47?,48-;14?,15?,16?,17?,18?,19?,20?,21?,23-,24+;/m10./s1. The van der Waals surface area contributed by atoms with Crippen molar-refractivity contribution in [2.24, 2.45) is 75.7 Å². The van der Waals surface area contributed by atoms with Crippen LogP contribution in [0.3, 0.4) is 0 Å². The van der Waals surface area contributed by atoms with E-state index in [0.717, 1.165) is 32.1 Å². The Labute approximate surface area is 579 Å². The second-order valence-electron chi connectivity index (χ2n) is 29.2. The first-order chi connectivity index (χ1) is 43.8. The van der Waals surface area contributed by atoms with E-state index < -0.39 is 134 Å². The van der Waals surface area contributed by atoms with Gasteiger partial charge in [-0.25, -0.2) is 0 Å². The fourth-order valence-electron chi connectivity index (χ4n) is 16.9. The van der Waals surface area contributed by atoms with Crippen molar-refractivity contribution in [2.75, 3.05) is 0 Å². The Kier molecular flexibility index (Phi) is 32.5. The van der Waals surface area contributed by atoms with Crippen LogP contribution in [0.1, 0.15) is 171 Å². The first kappa shape index (κ1) is 81.7. The molecule has 0 spiro atoms. The van der Waals surface area contributed by atoms with Crippen LogP contribution in [0.15, 0.2) is 85.1 Å². The maximum atomic E-state index is 12.7. The Bertz CT molecular complexity index is 2580. The molecular weight excluding hydrogens is 1220 g/mol. The molecule has 4 saturated carbocycles. The minimum absolute atomic E-state index is 0. The number of hydrogen-bond donors (Lipinski definition) is 13. The topological polar surface area (TPSA) is 380 Å². The van der Waals surface area contributed by atoms with Gasteiger partial charge in [0.05, 0.1) is 85.7 Å². The van der Waals surface area contributed by atoms with Crippen molar-refractivity contribution in [1.29, 1.82) is 0 Å². The molecule has 7 aliphatic rings. The van der Waals surface area contributed by atoms with E-state index in [0.29, 0.717) is 41.9 Å². The minimum Gasteiger partial charge on any atom is -0.550 e. The number of esters is 1. The molecule has 4 aliphatic carbocycles. The number of cyclic esters (lactones) is 1. The largest absolute Gasteiger partial charge is 1.00 e. The van der Waals surface area contributed by atoms with Crippen LogP contribution in [-0.2, 0) is 33.3 Å². The van der Waals surface area contributed by atoms with E-state index in [9.17, 15) is 80.8 Å². The van der Waals surface area contributed by atoms with Crippen LogP contribution < -0.4 is 40.4 Å². The van der Waals surface area contributed by atoms with Gasteiger partial charge in [0.1, 0.15) is 18.1 Å². The average molecular weight is 1340 g/mol. The average Bonchev–Trinajstić information content (AvgIpc) is 1.38. The Morgan fingerprint density at radius 3 is 1.88 bits per heavy atom. The van der Waals surface area contributed by atoms with Gasteiger partial charge in [-0.1, -0.05) is 127 Å². The zero-order valence-electron chi connectivity index (χ0n) is 57.0. The SMILES string of the molecule is CC(CCC(=O)[O-])C1CCC2C3CCC4CC(O)CC[C@]4(C)C3CC(O)[C@]12C.CC1C=CC=CC=CC=CC=CC=CC=CC(OC2OC(C)C(O)C(N)C2O)CC2O[C@](O)(CC(O)CC(O)C(O)CCC(O)CC(O)CC(=O)OC(C)C(C)C1C)CC(O)C2C(=O)O.[Na+]. The maximum absolute atomic E-state index is 12.7. The van der Waals surface area contributed by atoms with Gasteiger partial charge < -0.3 is 95.9 Å². The van der Waals surface area contributed by atoms with Crippen molar-refractivity contribution in [1.82, 2.24) is 0 Å². The van der Waals surface area contributed by atoms with E-state index in [4.69, 9.17) is 24.7 Å². The van der Waals surface area contributed by atoms with Crippen LogP contribution in [0.2, 0.25) is 0 Å². The molecule has 528 valence electrons. The Hall–Kier alpha value is -3.01. The number of nitrogens with two attached hydrogens (primary N) is 1. The molecule has 21 nitrogen and oxygen atoms in total. The third kappa shape index (κ3) is 22.0. The molecular formula is C72H114NNaO20. The molecule has 3 heterocycles. The summed E-state index contributed by atoms with van der Waals surface area (Å²) in [5.41, 5.74) is 6.21. The smallest absolute Gasteiger partial charge is 0.550 e. The van der Waals surface area contributed by atoms with Gasteiger partial charge in [0.15, 0.2) is 12.1 Å². The number of ether oxygens (including phenoxy) is 4. The maximum Gasteiger partial charge on any atom is 1.00 e. The number of fused-ring (bicyclic) bond motifs is 7. The molecule has 7 rings (SSSR count). The Balaban J connectivity index is 0.000000454. The van der Waals surface area contributed by atoms with E-state index in [1.165, 1.54) is 32.3 Å². The molecule has 94 heavy (non-hydrogen) atoms. The van der Waals surface area contributed by atoms with Crippen molar-refractivity contribution in [3.8, 4) is 0 Å². The number of hydrogen-bond acceptors (Lipinski definition) is 20. The van der Waals surface area contributed by atoms with Crippen molar-refractivity contribution in [3.63, 3.8) is 0 Å². The van der Waals surface area contributed by atoms with Crippen molar-refractivity contribution in [2.45, 2.75) is 275 Å². The predicted octanol–water partition coefficient (Wildman–Crippen LogP) is 2.13. The van der Waals surface area contributed by atoms with Gasteiger partial charge in [-0.05, 0) is 161 Å². The molecule has 0 aromatic carbocycles. The van der Waals surface area contributed by atoms with Gasteiger partial charge in [0.2, 0.25) is 0 Å². The summed E-state index contributed by atoms with van der Waals surface area (Å²) >= 11 is 0. The number of carbonyl (C=O) groups is 3. The van der Waals surface area contributed by atoms with Crippen molar-refractivity contribution in [3.05, 3.63) is 85.1 Å². The molecule has 6 fully saturated rings. The van der Waals surface area contributed by atoms with Crippen molar-refractivity contribution >= 4 is 17.9 Å². The number of aliphatic hydroxyl groups excluding tert-OH is 10. The number of carboxylic acids is 2. The molecule has 22 heteroatoms. The number of carboxylic acid groups (broad SMARTS) is 2. The van der Waals surface area contributed by atoms with Gasteiger partial charge >= 0.3 is 41.5 Å². The zero-order chi connectivity index (χ0) is 68.7. The minimum atomic E-state index is -2.31. The molecule has 0 radical (unpaired) electrons. The molecule has 0 amide bonds. The summed E-state index contributed by atoms with van der Waals surface area (Å²) < 4.78 is 23.3. The summed E-state index contributed by atoms with van der Waals surface area (Å²) in [6.45, 7) is 16.4. The fraction of sp³-hybridized carbons (Fsp3) is 0.764. The van der Waals surface area contributed by atoms with Crippen LogP contribution in [0.25, 0.3) is 0 Å². The number of aliphatic carboxylic acids is 2. The quantitative estimate of drug-likeness (QED) is 0.128. The van der Waals surface area contributed by atoms with E-state index >= 15 is 0 Å². The van der Waals surface area contributed by atoms with Crippen LogP contribution in [0, 0.1) is 70.0 Å². The van der Waals surface area contributed by atoms with E-state index in [1.807, 2.05) is 49.5 Å². The molecule has 0 aromatic heterocycles. The normalized spacial score (nSPS) is 44.5. The van der Waals surface area contributed by atoms with E-state index in [2.05, 4.69) is 40.7 Å². The molecule has 29 atom stereocenters. The van der Waals surface area contributed by atoms with Crippen molar-refractivity contribution < 1.29 is 129 Å². The third-order valence-corrected chi connectivity index (χ3v) is 22.9. The zero-order valence-corrected chi connectivity index (χ0v) is 59.0. The first-order valence-electron chi connectivity index (χ1n) is 34.4. The summed E-state index contributed by atoms with van der Waals surface area (Å²) in [5, 5.41) is 140. The number of aliphatic hydroxyl groups is 11. The predicted molar refractivity (Wildman–Crippen MR) is 346 cm³/mol. The number of carbonyl (C=O) groups excluding carboxylic acids is 2. The molecule has 0 aromatic rings. The molecule has 2 bridgehead atoms. The summed E-state index contributed by atoms with van der Waals surface area (Å²) in [7, 11) is 0. The summed E-state index contributed by atoms with van der Waals surface area (Å²) in [4.78, 5) is 36.1. The van der Waals surface area contributed by atoms with Gasteiger partial charge in [-0.15, -0.1) is 0 Å². The van der Waals surface area contributed by atoms with E-state index in [1.54, 1.807) is 37.3 Å². The Morgan fingerprint density at radius 1 is 0.660 bits per heavy atom. The van der Waals surface area contributed by atoms with Crippen LogP contribution >= 0.6 is 0 Å². The summed E-state index contributed by atoms with van der Waals surface area (Å²) in [5.74, 6) is -3.46. The molecule has 26 unspecified atom stereocenters. The first-order valence-corrected chi connectivity index (χ1v) is 34.4. The molecule has 2 saturated heterocycles. The van der Waals surface area contributed by atoms with Crippen LogP contribution in [0.4, 0.5) is 0 Å². The van der Waals surface area contributed by atoms with Crippen LogP contribution in [-0.4, -0.2) is 183 Å². The second-order valence-corrected chi connectivity index (χ2v) is 29.2. The van der Waals surface area contributed by atoms with Gasteiger partial charge in [0.25, 0.3) is 0 Å². The van der Waals surface area contributed by atoms with Gasteiger partial charge in [-0.3, -0.25) is 9.59 Å². The van der Waals surface area contributed by atoms with Gasteiger partial charge in [0, 0.05) is 31.7 Å². The summed E-state index contributed by atoms with van der Waals surface area (Å²) in [6, 6.07) is -1.14. The summed E-state index contributed by atoms with van der Waals surface area (Å²) in [6.07, 6.45) is 14.9. The van der Waals surface area contributed by atoms with Crippen LogP contribution in [0.5, 0.6) is 0 Å².